The van der Waals surface area contributed by atoms with Crippen LogP contribution in [0.3, 0.4) is 0 Å². The predicted octanol–water partition coefficient (Wildman–Crippen LogP) is 2.72. The zero-order valence-corrected chi connectivity index (χ0v) is 8.48. The number of aliphatic hydroxyl groups excluding tert-OH is 1. The van der Waals surface area contributed by atoms with Crippen molar-refractivity contribution in [1.82, 2.24) is 0 Å². The lowest BCUT2D eigenvalue weighted by Crippen LogP contribution is -1.96. The van der Waals surface area contributed by atoms with Gasteiger partial charge in [-0.15, -0.1) is 0 Å². The second kappa shape index (κ2) is 3.58. The smallest absolute Gasteiger partial charge is 0.0467 e. The summed E-state index contributed by atoms with van der Waals surface area (Å²) in [6.07, 6.45) is 5.49. The molecule has 0 saturated heterocycles. The molecule has 0 aromatic heterocycles. The van der Waals surface area contributed by atoms with Crippen LogP contribution in [0.2, 0.25) is 0 Å². The van der Waals surface area contributed by atoms with Crippen LogP contribution in [-0.2, 0) is 0 Å². The Labute approximate surface area is 85.1 Å². The van der Waals surface area contributed by atoms with E-state index in [2.05, 4.69) is 31.2 Å². The van der Waals surface area contributed by atoms with E-state index >= 15 is 0 Å². The van der Waals surface area contributed by atoms with Crippen molar-refractivity contribution in [2.24, 2.45) is 11.3 Å². The molecular weight excluding hydrogens is 172 g/mol. The summed E-state index contributed by atoms with van der Waals surface area (Å²) in [5, 5.41) is 9.00. The average molecular weight is 188 g/mol. The highest BCUT2D eigenvalue weighted by atomic mass is 16.3. The van der Waals surface area contributed by atoms with Gasteiger partial charge in [-0.3, -0.25) is 0 Å². The number of rotatable bonds is 3. The maximum atomic E-state index is 9.00. The maximum absolute atomic E-state index is 9.00. The lowest BCUT2D eigenvalue weighted by atomic mass is 10.0. The molecule has 1 N–H and O–H groups in total. The van der Waals surface area contributed by atoms with Crippen molar-refractivity contribution in [1.29, 1.82) is 0 Å². The summed E-state index contributed by atoms with van der Waals surface area (Å²) in [5.74, 6) is 0.475. The first kappa shape index (κ1) is 9.47. The molecule has 2 atom stereocenters. The van der Waals surface area contributed by atoms with Crippen LogP contribution in [0.25, 0.3) is 6.08 Å². The van der Waals surface area contributed by atoms with Gasteiger partial charge in [0.15, 0.2) is 0 Å². The van der Waals surface area contributed by atoms with Crippen molar-refractivity contribution in [2.75, 3.05) is 6.61 Å². The largest absolute Gasteiger partial charge is 0.396 e. The maximum Gasteiger partial charge on any atom is 0.0467 e. The topological polar surface area (TPSA) is 20.2 Å². The highest BCUT2D eigenvalue weighted by Crippen LogP contribution is 2.53. The number of allylic oxidation sites excluding steroid dienone is 1. The van der Waals surface area contributed by atoms with Crippen LogP contribution < -0.4 is 0 Å². The summed E-state index contributed by atoms with van der Waals surface area (Å²) in [6.45, 7) is 2.52. The monoisotopic (exact) mass is 188 g/mol. The number of hydrogen-bond acceptors (Lipinski definition) is 1. The third-order valence-electron chi connectivity index (χ3n) is 3.14. The number of benzene rings is 1. The van der Waals surface area contributed by atoms with Gasteiger partial charge >= 0.3 is 0 Å². The molecule has 0 radical (unpaired) electrons. The van der Waals surface area contributed by atoms with Gasteiger partial charge in [-0.2, -0.15) is 0 Å². The summed E-state index contributed by atoms with van der Waals surface area (Å²) >= 11 is 0. The van der Waals surface area contributed by atoms with Crippen molar-refractivity contribution >= 4 is 6.08 Å². The minimum Gasteiger partial charge on any atom is -0.396 e. The molecule has 1 aliphatic carbocycles. The van der Waals surface area contributed by atoms with Gasteiger partial charge in [0.25, 0.3) is 0 Å². The molecule has 14 heavy (non-hydrogen) atoms. The third-order valence-corrected chi connectivity index (χ3v) is 3.14. The number of aliphatic hydroxyl groups is 1. The Morgan fingerprint density at radius 2 is 2.14 bits per heavy atom. The van der Waals surface area contributed by atoms with Gasteiger partial charge < -0.3 is 5.11 Å². The first-order chi connectivity index (χ1) is 6.74. The molecule has 1 heteroatoms. The first-order valence-corrected chi connectivity index (χ1v) is 5.10. The molecule has 74 valence electrons. The molecule has 1 saturated carbocycles. The van der Waals surface area contributed by atoms with Gasteiger partial charge in [0.05, 0.1) is 0 Å². The Hall–Kier alpha value is -1.08. The van der Waals surface area contributed by atoms with E-state index in [1.807, 2.05) is 18.2 Å². The molecule has 1 aromatic carbocycles. The molecule has 1 aliphatic rings. The van der Waals surface area contributed by atoms with E-state index in [1.54, 1.807) is 0 Å². The van der Waals surface area contributed by atoms with E-state index in [1.165, 1.54) is 5.56 Å². The second-order valence-electron chi connectivity index (χ2n) is 4.33. The molecule has 0 bridgehead atoms. The van der Waals surface area contributed by atoms with Crippen molar-refractivity contribution in [2.45, 2.75) is 13.3 Å². The normalized spacial score (nSPS) is 30.9. The van der Waals surface area contributed by atoms with Crippen molar-refractivity contribution in [3.8, 4) is 0 Å². The third kappa shape index (κ3) is 1.88. The standard InChI is InChI=1S/C13H16O/c1-13(9-12(13)10-14)8-7-11-5-3-2-4-6-11/h2-8,12,14H,9-10H2,1H3/b8-7+. The van der Waals surface area contributed by atoms with Crippen LogP contribution in [0, 0.1) is 11.3 Å². The zero-order valence-electron chi connectivity index (χ0n) is 8.48. The van der Waals surface area contributed by atoms with Gasteiger partial charge in [0, 0.05) is 6.61 Å². The molecule has 1 fully saturated rings. The molecule has 1 nitrogen and oxygen atoms in total. The molecule has 0 aliphatic heterocycles. The van der Waals surface area contributed by atoms with Gasteiger partial charge in [0.2, 0.25) is 0 Å². The van der Waals surface area contributed by atoms with Crippen molar-refractivity contribution in [3.63, 3.8) is 0 Å². The zero-order chi connectivity index (χ0) is 10.0. The van der Waals surface area contributed by atoms with Crippen LogP contribution in [0.1, 0.15) is 18.9 Å². The van der Waals surface area contributed by atoms with Crippen molar-refractivity contribution in [3.05, 3.63) is 42.0 Å². The van der Waals surface area contributed by atoms with Crippen LogP contribution >= 0.6 is 0 Å². The van der Waals surface area contributed by atoms with E-state index in [4.69, 9.17) is 5.11 Å². The molecule has 0 heterocycles. The van der Waals surface area contributed by atoms with Crippen LogP contribution in [-0.4, -0.2) is 11.7 Å². The fourth-order valence-corrected chi connectivity index (χ4v) is 1.80. The molecule has 0 amide bonds. The van der Waals surface area contributed by atoms with Gasteiger partial charge in [-0.25, -0.2) is 0 Å². The van der Waals surface area contributed by atoms with E-state index < -0.39 is 0 Å². The van der Waals surface area contributed by atoms with E-state index in [0.717, 1.165) is 6.42 Å². The summed E-state index contributed by atoms with van der Waals surface area (Å²) in [6, 6.07) is 10.3. The molecule has 2 unspecified atom stereocenters. The molecule has 2 rings (SSSR count). The van der Waals surface area contributed by atoms with Gasteiger partial charge in [0.1, 0.15) is 0 Å². The number of hydrogen-bond donors (Lipinski definition) is 1. The quantitative estimate of drug-likeness (QED) is 0.773. The lowest BCUT2D eigenvalue weighted by molar-refractivity contribution is 0.262. The van der Waals surface area contributed by atoms with E-state index in [-0.39, 0.29) is 5.41 Å². The molecule has 0 spiro atoms. The average Bonchev–Trinajstić information content (AvgIpc) is 2.89. The van der Waals surface area contributed by atoms with Crippen LogP contribution in [0.15, 0.2) is 36.4 Å². The van der Waals surface area contributed by atoms with Crippen LogP contribution in [0.5, 0.6) is 0 Å². The predicted molar refractivity (Wildman–Crippen MR) is 58.8 cm³/mol. The van der Waals surface area contributed by atoms with Gasteiger partial charge in [-0.05, 0) is 23.3 Å². The Kier molecular flexibility index (Phi) is 2.42. The summed E-state index contributed by atoms with van der Waals surface area (Å²) in [5.41, 5.74) is 1.47. The lowest BCUT2D eigenvalue weighted by Gasteiger charge is -2.02. The van der Waals surface area contributed by atoms with Crippen LogP contribution in [0.4, 0.5) is 0 Å². The minimum absolute atomic E-state index is 0.241. The summed E-state index contributed by atoms with van der Waals surface area (Å²) < 4.78 is 0. The fourth-order valence-electron chi connectivity index (χ4n) is 1.80. The second-order valence-corrected chi connectivity index (χ2v) is 4.33. The Balaban J connectivity index is 2.02. The Morgan fingerprint density at radius 3 is 2.71 bits per heavy atom. The Bertz CT molecular complexity index is 328. The summed E-state index contributed by atoms with van der Waals surface area (Å²) in [7, 11) is 0. The SMILES string of the molecule is CC1(/C=C/c2ccccc2)CC1CO. The van der Waals surface area contributed by atoms with E-state index in [0.29, 0.717) is 12.5 Å². The highest BCUT2D eigenvalue weighted by Gasteiger charge is 2.46. The van der Waals surface area contributed by atoms with Gasteiger partial charge in [-0.1, -0.05) is 49.4 Å². The molecular formula is C13H16O. The summed E-state index contributed by atoms with van der Waals surface area (Å²) in [4.78, 5) is 0. The Morgan fingerprint density at radius 1 is 1.43 bits per heavy atom. The van der Waals surface area contributed by atoms with E-state index in [9.17, 15) is 0 Å². The molecule has 1 aromatic rings. The minimum atomic E-state index is 0.241. The fraction of sp³-hybridized carbons (Fsp3) is 0.385. The van der Waals surface area contributed by atoms with Crippen molar-refractivity contribution < 1.29 is 5.11 Å². The first-order valence-electron chi connectivity index (χ1n) is 5.10. The highest BCUT2D eigenvalue weighted by molar-refractivity contribution is 5.50.